The van der Waals surface area contributed by atoms with Gasteiger partial charge in [-0.15, -0.1) is 0 Å². The SMILES string of the molecule is NC1CCCCC(c2cccc(C3CCC3)c2)C1. The van der Waals surface area contributed by atoms with Crippen molar-refractivity contribution in [3.63, 3.8) is 0 Å². The Balaban J connectivity index is 1.77. The Morgan fingerprint density at radius 2 is 1.50 bits per heavy atom. The molecule has 2 unspecified atom stereocenters. The monoisotopic (exact) mass is 243 g/mol. The summed E-state index contributed by atoms with van der Waals surface area (Å²) in [4.78, 5) is 0. The maximum Gasteiger partial charge on any atom is 0.00446 e. The fraction of sp³-hybridized carbons (Fsp3) is 0.647. The lowest BCUT2D eigenvalue weighted by atomic mass is 9.78. The Kier molecular flexibility index (Phi) is 3.69. The Bertz CT molecular complexity index is 394. The summed E-state index contributed by atoms with van der Waals surface area (Å²) in [5, 5.41) is 0. The van der Waals surface area contributed by atoms with Gasteiger partial charge in [0.05, 0.1) is 0 Å². The highest BCUT2D eigenvalue weighted by atomic mass is 14.6. The standard InChI is InChI=1S/C17H25N/c18-17-10-2-1-5-16(12-17)15-9-4-8-14(11-15)13-6-3-7-13/h4,8-9,11,13,16-17H,1-3,5-7,10,12,18H2. The van der Waals surface area contributed by atoms with Crippen molar-refractivity contribution in [1.29, 1.82) is 0 Å². The Morgan fingerprint density at radius 1 is 0.833 bits per heavy atom. The predicted molar refractivity (Wildman–Crippen MR) is 76.8 cm³/mol. The van der Waals surface area contributed by atoms with Gasteiger partial charge in [0.25, 0.3) is 0 Å². The van der Waals surface area contributed by atoms with Crippen molar-refractivity contribution in [3.8, 4) is 0 Å². The number of nitrogens with two attached hydrogens (primary N) is 1. The van der Waals surface area contributed by atoms with E-state index in [0.717, 1.165) is 5.92 Å². The van der Waals surface area contributed by atoms with Gasteiger partial charge in [-0.3, -0.25) is 0 Å². The molecule has 1 nitrogen and oxygen atoms in total. The molecule has 2 aliphatic carbocycles. The fourth-order valence-electron chi connectivity index (χ4n) is 3.51. The van der Waals surface area contributed by atoms with E-state index >= 15 is 0 Å². The van der Waals surface area contributed by atoms with E-state index in [1.165, 1.54) is 51.4 Å². The van der Waals surface area contributed by atoms with Gasteiger partial charge >= 0.3 is 0 Å². The van der Waals surface area contributed by atoms with Gasteiger partial charge in [0, 0.05) is 6.04 Å². The van der Waals surface area contributed by atoms with Crippen molar-refractivity contribution in [3.05, 3.63) is 35.4 Å². The normalized spacial score (nSPS) is 29.6. The van der Waals surface area contributed by atoms with E-state index in [1.54, 1.807) is 11.1 Å². The second-order valence-corrected chi connectivity index (χ2v) is 6.28. The van der Waals surface area contributed by atoms with Gasteiger partial charge in [-0.1, -0.05) is 43.5 Å². The van der Waals surface area contributed by atoms with Gasteiger partial charge in [-0.2, -0.15) is 0 Å². The molecule has 1 aromatic carbocycles. The van der Waals surface area contributed by atoms with Crippen LogP contribution in [0.4, 0.5) is 0 Å². The smallest absolute Gasteiger partial charge is 0.00446 e. The number of hydrogen-bond donors (Lipinski definition) is 1. The molecule has 0 spiro atoms. The topological polar surface area (TPSA) is 26.0 Å². The van der Waals surface area contributed by atoms with Crippen molar-refractivity contribution in [2.45, 2.75) is 69.2 Å². The first kappa shape index (κ1) is 12.2. The van der Waals surface area contributed by atoms with Crippen LogP contribution in [-0.4, -0.2) is 6.04 Å². The van der Waals surface area contributed by atoms with Crippen molar-refractivity contribution in [1.82, 2.24) is 0 Å². The first-order valence-electron chi connectivity index (χ1n) is 7.68. The first-order chi connectivity index (χ1) is 8.83. The maximum absolute atomic E-state index is 6.20. The van der Waals surface area contributed by atoms with E-state index in [1.807, 2.05) is 0 Å². The highest BCUT2D eigenvalue weighted by Gasteiger charge is 2.22. The summed E-state index contributed by atoms with van der Waals surface area (Å²) in [6.45, 7) is 0. The third-order valence-electron chi connectivity index (χ3n) is 4.92. The number of rotatable bonds is 2. The minimum atomic E-state index is 0.421. The molecule has 0 amide bonds. The molecular formula is C17H25N. The lowest BCUT2D eigenvalue weighted by molar-refractivity contribution is 0.419. The third-order valence-corrected chi connectivity index (χ3v) is 4.92. The summed E-state index contributed by atoms with van der Waals surface area (Å²) < 4.78 is 0. The first-order valence-corrected chi connectivity index (χ1v) is 7.68. The average Bonchev–Trinajstić information content (AvgIpc) is 2.52. The van der Waals surface area contributed by atoms with Crippen LogP contribution in [-0.2, 0) is 0 Å². The Hall–Kier alpha value is -0.820. The van der Waals surface area contributed by atoms with Crippen LogP contribution in [0.2, 0.25) is 0 Å². The van der Waals surface area contributed by atoms with Gasteiger partial charge in [0.2, 0.25) is 0 Å². The molecule has 0 aromatic heterocycles. The average molecular weight is 243 g/mol. The van der Waals surface area contributed by atoms with E-state index in [-0.39, 0.29) is 0 Å². The Morgan fingerprint density at radius 3 is 2.22 bits per heavy atom. The summed E-state index contributed by atoms with van der Waals surface area (Å²) in [5.41, 5.74) is 9.33. The maximum atomic E-state index is 6.20. The summed E-state index contributed by atoms with van der Waals surface area (Å²) in [7, 11) is 0. The van der Waals surface area contributed by atoms with Gasteiger partial charge in [0.1, 0.15) is 0 Å². The molecule has 98 valence electrons. The van der Waals surface area contributed by atoms with Crippen LogP contribution in [0.25, 0.3) is 0 Å². The molecule has 2 atom stereocenters. The van der Waals surface area contributed by atoms with E-state index < -0.39 is 0 Å². The van der Waals surface area contributed by atoms with Crippen LogP contribution >= 0.6 is 0 Å². The largest absolute Gasteiger partial charge is 0.328 e. The van der Waals surface area contributed by atoms with Crippen LogP contribution in [0.3, 0.4) is 0 Å². The summed E-state index contributed by atoms with van der Waals surface area (Å²) >= 11 is 0. The minimum absolute atomic E-state index is 0.421. The zero-order chi connectivity index (χ0) is 12.4. The quantitative estimate of drug-likeness (QED) is 0.769. The van der Waals surface area contributed by atoms with E-state index in [2.05, 4.69) is 24.3 Å². The Labute approximate surface area is 111 Å². The second-order valence-electron chi connectivity index (χ2n) is 6.28. The number of hydrogen-bond acceptors (Lipinski definition) is 1. The molecule has 2 fully saturated rings. The number of benzene rings is 1. The van der Waals surface area contributed by atoms with Crippen LogP contribution in [0.5, 0.6) is 0 Å². The van der Waals surface area contributed by atoms with Gasteiger partial charge < -0.3 is 5.73 Å². The van der Waals surface area contributed by atoms with Crippen molar-refractivity contribution in [2.24, 2.45) is 5.73 Å². The zero-order valence-corrected chi connectivity index (χ0v) is 11.3. The van der Waals surface area contributed by atoms with Crippen molar-refractivity contribution in [2.75, 3.05) is 0 Å². The van der Waals surface area contributed by atoms with Gasteiger partial charge in [0.15, 0.2) is 0 Å². The zero-order valence-electron chi connectivity index (χ0n) is 11.3. The van der Waals surface area contributed by atoms with Crippen LogP contribution in [0.1, 0.15) is 74.3 Å². The minimum Gasteiger partial charge on any atom is -0.328 e. The molecule has 1 heteroatoms. The van der Waals surface area contributed by atoms with Crippen molar-refractivity contribution >= 4 is 0 Å². The van der Waals surface area contributed by atoms with E-state index in [9.17, 15) is 0 Å². The van der Waals surface area contributed by atoms with Crippen molar-refractivity contribution < 1.29 is 0 Å². The van der Waals surface area contributed by atoms with Gasteiger partial charge in [-0.05, 0) is 55.1 Å². The molecule has 0 aliphatic heterocycles. The van der Waals surface area contributed by atoms with E-state index in [4.69, 9.17) is 5.73 Å². The van der Waals surface area contributed by atoms with Crippen LogP contribution in [0.15, 0.2) is 24.3 Å². The highest BCUT2D eigenvalue weighted by molar-refractivity contribution is 5.30. The lowest BCUT2D eigenvalue weighted by Gasteiger charge is -2.27. The van der Waals surface area contributed by atoms with Crippen LogP contribution in [0, 0.1) is 0 Å². The molecule has 2 N–H and O–H groups in total. The molecular weight excluding hydrogens is 218 g/mol. The summed E-state index contributed by atoms with van der Waals surface area (Å²) in [6, 6.07) is 9.81. The molecule has 0 heterocycles. The molecule has 2 aliphatic rings. The second kappa shape index (κ2) is 5.44. The third kappa shape index (κ3) is 2.61. The molecule has 0 bridgehead atoms. The highest BCUT2D eigenvalue weighted by Crippen LogP contribution is 2.38. The molecule has 0 radical (unpaired) electrons. The summed E-state index contributed by atoms with van der Waals surface area (Å²) in [6.07, 6.45) is 10.6. The summed E-state index contributed by atoms with van der Waals surface area (Å²) in [5.74, 6) is 1.56. The molecule has 3 rings (SSSR count). The van der Waals surface area contributed by atoms with Crippen LogP contribution < -0.4 is 5.73 Å². The predicted octanol–water partition coefficient (Wildman–Crippen LogP) is 4.33. The fourth-order valence-corrected chi connectivity index (χ4v) is 3.51. The molecule has 1 aromatic rings. The molecule has 0 saturated heterocycles. The molecule has 18 heavy (non-hydrogen) atoms. The lowest BCUT2D eigenvalue weighted by Crippen LogP contribution is -2.21. The van der Waals surface area contributed by atoms with Gasteiger partial charge in [-0.25, -0.2) is 0 Å². The van der Waals surface area contributed by atoms with E-state index in [0.29, 0.717) is 12.0 Å². The molecule has 2 saturated carbocycles.